The van der Waals surface area contributed by atoms with Crippen molar-refractivity contribution in [1.29, 1.82) is 0 Å². The van der Waals surface area contributed by atoms with Crippen LogP contribution in [0.25, 0.3) is 0 Å². The molecule has 2 rings (SSSR count). The number of piperidine rings is 1. The average molecular weight is 400 g/mol. The zero-order chi connectivity index (χ0) is 19.4. The van der Waals surface area contributed by atoms with Gasteiger partial charge in [0.2, 0.25) is 0 Å². The minimum atomic E-state index is -3.13. The van der Waals surface area contributed by atoms with E-state index in [2.05, 4.69) is 0 Å². The van der Waals surface area contributed by atoms with Crippen molar-refractivity contribution in [1.82, 2.24) is 4.90 Å². The molecule has 1 heterocycles. The molecule has 1 aromatic carbocycles. The van der Waals surface area contributed by atoms with Crippen molar-refractivity contribution >= 4 is 27.7 Å². The first kappa shape index (κ1) is 21.1. The summed E-state index contributed by atoms with van der Waals surface area (Å²) in [6, 6.07) is 7.11. The highest BCUT2D eigenvalue weighted by Crippen LogP contribution is 2.25. The Hall–Kier alpha value is -1.21. The number of thioether (sulfide) groups is 1. The highest BCUT2D eigenvalue weighted by atomic mass is 32.2. The van der Waals surface area contributed by atoms with E-state index in [0.717, 1.165) is 43.0 Å². The molecule has 7 heteroatoms. The molecule has 5 nitrogen and oxygen atoms in total. The quantitative estimate of drug-likeness (QED) is 0.750. The van der Waals surface area contributed by atoms with Gasteiger partial charge in [-0.05, 0) is 63.0 Å². The minimum absolute atomic E-state index is 0.213. The summed E-state index contributed by atoms with van der Waals surface area (Å²) < 4.78 is 28.4. The van der Waals surface area contributed by atoms with Crippen LogP contribution in [-0.4, -0.2) is 50.1 Å². The van der Waals surface area contributed by atoms with Crippen LogP contribution < -0.4 is 0 Å². The van der Waals surface area contributed by atoms with E-state index >= 15 is 0 Å². The zero-order valence-corrected chi connectivity index (χ0v) is 17.7. The number of nitrogens with zero attached hydrogens (tertiary/aromatic N) is 1. The van der Waals surface area contributed by atoms with E-state index in [-0.39, 0.29) is 6.09 Å². The van der Waals surface area contributed by atoms with E-state index in [4.69, 9.17) is 4.74 Å². The third kappa shape index (κ3) is 6.83. The number of carbonyl (C=O) groups excluding carboxylic acids is 1. The van der Waals surface area contributed by atoms with Crippen LogP contribution in [0.5, 0.6) is 0 Å². The van der Waals surface area contributed by atoms with Crippen molar-refractivity contribution in [3.8, 4) is 0 Å². The molecule has 0 atom stereocenters. The van der Waals surface area contributed by atoms with Crippen LogP contribution in [0.1, 0.15) is 39.2 Å². The lowest BCUT2D eigenvalue weighted by molar-refractivity contribution is 0.0191. The maximum absolute atomic E-state index is 12.1. The molecule has 0 unspecified atom stereocenters. The van der Waals surface area contributed by atoms with Gasteiger partial charge in [-0.15, -0.1) is 0 Å². The molecule has 0 spiro atoms. The fourth-order valence-electron chi connectivity index (χ4n) is 2.79. The maximum atomic E-state index is 12.1. The molecule has 0 aliphatic carbocycles. The molecule has 1 aliphatic heterocycles. The SMILES string of the molecule is CC(C)(C)OC(=O)N1CCC(CSCc2ccc(S(C)(=O)=O)cc2)CC1. The Morgan fingerprint density at radius 1 is 1.19 bits per heavy atom. The summed E-state index contributed by atoms with van der Waals surface area (Å²) in [4.78, 5) is 14.2. The van der Waals surface area contributed by atoms with Gasteiger partial charge < -0.3 is 9.64 Å². The molecule has 26 heavy (non-hydrogen) atoms. The van der Waals surface area contributed by atoms with Gasteiger partial charge in [0.05, 0.1) is 4.90 Å². The van der Waals surface area contributed by atoms with Crippen LogP contribution >= 0.6 is 11.8 Å². The van der Waals surface area contributed by atoms with Gasteiger partial charge in [-0.1, -0.05) is 12.1 Å². The number of ether oxygens (including phenoxy) is 1. The number of hydrogen-bond donors (Lipinski definition) is 0. The molecule has 0 aromatic heterocycles. The van der Waals surface area contributed by atoms with Gasteiger partial charge in [-0.3, -0.25) is 0 Å². The molecule has 1 saturated heterocycles. The van der Waals surface area contributed by atoms with Gasteiger partial charge in [0, 0.05) is 25.1 Å². The Morgan fingerprint density at radius 2 is 1.77 bits per heavy atom. The highest BCUT2D eigenvalue weighted by Gasteiger charge is 2.26. The van der Waals surface area contributed by atoms with Crippen molar-refractivity contribution < 1.29 is 17.9 Å². The van der Waals surface area contributed by atoms with Crippen molar-refractivity contribution in [3.05, 3.63) is 29.8 Å². The Balaban J connectivity index is 1.71. The number of likely N-dealkylation sites (tertiary alicyclic amines) is 1. The molecule has 1 aliphatic rings. The van der Waals surface area contributed by atoms with Gasteiger partial charge in [0.15, 0.2) is 9.84 Å². The predicted molar refractivity (Wildman–Crippen MR) is 106 cm³/mol. The smallest absolute Gasteiger partial charge is 0.410 e. The minimum Gasteiger partial charge on any atom is -0.444 e. The molecule has 0 saturated carbocycles. The fourth-order valence-corrected chi connectivity index (χ4v) is 4.63. The van der Waals surface area contributed by atoms with Crippen LogP contribution in [0.3, 0.4) is 0 Å². The number of carbonyl (C=O) groups is 1. The number of hydrogen-bond acceptors (Lipinski definition) is 5. The molecular formula is C19H29NO4S2. The van der Waals surface area contributed by atoms with E-state index in [1.165, 1.54) is 6.26 Å². The molecule has 0 radical (unpaired) electrons. The van der Waals surface area contributed by atoms with Gasteiger partial charge in [-0.25, -0.2) is 13.2 Å². The maximum Gasteiger partial charge on any atom is 0.410 e. The molecule has 1 aromatic rings. The largest absolute Gasteiger partial charge is 0.444 e. The summed E-state index contributed by atoms with van der Waals surface area (Å²) in [5, 5.41) is 0. The van der Waals surface area contributed by atoms with E-state index in [0.29, 0.717) is 10.8 Å². The van der Waals surface area contributed by atoms with Crippen molar-refractivity contribution in [2.75, 3.05) is 25.1 Å². The first-order valence-corrected chi connectivity index (χ1v) is 11.9. The number of amides is 1. The van der Waals surface area contributed by atoms with Gasteiger partial charge >= 0.3 is 6.09 Å². The van der Waals surface area contributed by atoms with Gasteiger partial charge in [0.1, 0.15) is 5.60 Å². The number of rotatable bonds is 5. The van der Waals surface area contributed by atoms with E-state index in [9.17, 15) is 13.2 Å². The molecule has 1 amide bonds. The lowest BCUT2D eigenvalue weighted by atomic mass is 9.99. The standard InChI is InChI=1S/C19H29NO4S2/c1-19(2,3)24-18(21)20-11-9-16(10-12-20)14-25-13-15-5-7-17(8-6-15)26(4,22)23/h5-8,16H,9-14H2,1-4H3. The van der Waals surface area contributed by atoms with Crippen LogP contribution in [-0.2, 0) is 20.3 Å². The van der Waals surface area contributed by atoms with Gasteiger partial charge in [0.25, 0.3) is 0 Å². The first-order chi connectivity index (χ1) is 12.0. The lowest BCUT2D eigenvalue weighted by Crippen LogP contribution is -2.42. The average Bonchev–Trinajstić information content (AvgIpc) is 2.53. The Bertz CT molecular complexity index is 700. The lowest BCUT2D eigenvalue weighted by Gasteiger charge is -2.33. The summed E-state index contributed by atoms with van der Waals surface area (Å²) in [7, 11) is -3.13. The van der Waals surface area contributed by atoms with Crippen molar-refractivity contribution in [2.45, 2.75) is 49.9 Å². The molecule has 0 N–H and O–H groups in total. The van der Waals surface area contributed by atoms with Crippen LogP contribution in [0.2, 0.25) is 0 Å². The Morgan fingerprint density at radius 3 is 2.27 bits per heavy atom. The topological polar surface area (TPSA) is 63.7 Å². The summed E-state index contributed by atoms with van der Waals surface area (Å²) in [5.41, 5.74) is 0.685. The number of sulfone groups is 1. The van der Waals surface area contributed by atoms with Crippen LogP contribution in [0, 0.1) is 5.92 Å². The summed E-state index contributed by atoms with van der Waals surface area (Å²) >= 11 is 1.86. The highest BCUT2D eigenvalue weighted by molar-refractivity contribution is 7.98. The third-order valence-electron chi connectivity index (χ3n) is 4.24. The summed E-state index contributed by atoms with van der Waals surface area (Å²) in [5.74, 6) is 2.53. The second-order valence-electron chi connectivity index (χ2n) is 7.84. The summed E-state index contributed by atoms with van der Waals surface area (Å²) in [6.07, 6.45) is 3.01. The fraction of sp³-hybridized carbons (Fsp3) is 0.632. The van der Waals surface area contributed by atoms with Gasteiger partial charge in [-0.2, -0.15) is 11.8 Å². The normalized spacial score (nSPS) is 16.5. The predicted octanol–water partition coefficient (Wildman–Crippen LogP) is 3.97. The Kier molecular flexibility index (Phi) is 7.02. The van der Waals surface area contributed by atoms with Crippen LogP contribution in [0.4, 0.5) is 4.79 Å². The number of benzene rings is 1. The molecule has 0 bridgehead atoms. The molecule has 146 valence electrons. The third-order valence-corrected chi connectivity index (χ3v) is 6.61. The zero-order valence-electron chi connectivity index (χ0n) is 16.0. The summed E-state index contributed by atoms with van der Waals surface area (Å²) in [6.45, 7) is 7.16. The molecule has 1 fully saturated rings. The van der Waals surface area contributed by atoms with Crippen molar-refractivity contribution in [2.24, 2.45) is 5.92 Å². The first-order valence-electron chi connectivity index (χ1n) is 8.89. The molecular weight excluding hydrogens is 370 g/mol. The second-order valence-corrected chi connectivity index (χ2v) is 10.9. The van der Waals surface area contributed by atoms with Crippen molar-refractivity contribution in [3.63, 3.8) is 0 Å². The van der Waals surface area contributed by atoms with E-state index in [1.807, 2.05) is 44.7 Å². The van der Waals surface area contributed by atoms with E-state index in [1.54, 1.807) is 17.0 Å². The second kappa shape index (κ2) is 8.65. The van der Waals surface area contributed by atoms with Crippen LogP contribution in [0.15, 0.2) is 29.2 Å². The van der Waals surface area contributed by atoms with E-state index < -0.39 is 15.4 Å². The monoisotopic (exact) mass is 399 g/mol. The Labute approximate surface area is 161 Å².